The van der Waals surface area contributed by atoms with Crippen molar-refractivity contribution in [1.82, 2.24) is 0 Å². The molecule has 0 amide bonds. The second kappa shape index (κ2) is 3.75. The van der Waals surface area contributed by atoms with Crippen molar-refractivity contribution in [3.05, 3.63) is 35.5 Å². The third-order valence-electron chi connectivity index (χ3n) is 2.26. The third-order valence-corrected chi connectivity index (χ3v) is 2.26. The number of allylic oxidation sites excluding steroid dienone is 5. The highest BCUT2D eigenvalue weighted by atomic mass is 14.1. The van der Waals surface area contributed by atoms with Crippen LogP contribution in [0.2, 0.25) is 0 Å². The van der Waals surface area contributed by atoms with Crippen molar-refractivity contribution in [3.63, 3.8) is 0 Å². The Labute approximate surface area is 75.7 Å². The van der Waals surface area contributed by atoms with E-state index < -0.39 is 0 Å². The Hall–Kier alpha value is -0.780. The summed E-state index contributed by atoms with van der Waals surface area (Å²) >= 11 is 0. The van der Waals surface area contributed by atoms with Gasteiger partial charge in [0.25, 0.3) is 0 Å². The molecule has 0 aromatic carbocycles. The topological polar surface area (TPSA) is 0 Å². The van der Waals surface area contributed by atoms with Crippen LogP contribution in [0.3, 0.4) is 0 Å². The summed E-state index contributed by atoms with van der Waals surface area (Å²) in [5, 5.41) is 0. The lowest BCUT2D eigenvalue weighted by atomic mass is 9.88. The molecule has 0 aliphatic heterocycles. The predicted molar refractivity (Wildman–Crippen MR) is 55.1 cm³/mol. The molecule has 0 heterocycles. The van der Waals surface area contributed by atoms with Crippen LogP contribution in [0.1, 0.15) is 33.6 Å². The van der Waals surface area contributed by atoms with Crippen LogP contribution in [0.5, 0.6) is 0 Å². The highest BCUT2D eigenvalue weighted by Gasteiger charge is 2.09. The van der Waals surface area contributed by atoms with Gasteiger partial charge in [0, 0.05) is 0 Å². The maximum Gasteiger partial charge on any atom is -0.0132 e. The lowest BCUT2D eigenvalue weighted by Crippen LogP contribution is -1.99. The van der Waals surface area contributed by atoms with Gasteiger partial charge in [-0.05, 0) is 36.8 Å². The lowest BCUT2D eigenvalue weighted by Gasteiger charge is -2.17. The van der Waals surface area contributed by atoms with Crippen LogP contribution in [0.4, 0.5) is 0 Å². The van der Waals surface area contributed by atoms with Crippen LogP contribution in [0, 0.1) is 5.92 Å². The SMILES string of the molecule is C=C1C=CCC(C)=C1CC(C)C. The molecule has 12 heavy (non-hydrogen) atoms. The zero-order valence-corrected chi connectivity index (χ0v) is 8.35. The molecule has 1 aliphatic rings. The van der Waals surface area contributed by atoms with E-state index in [4.69, 9.17) is 0 Å². The van der Waals surface area contributed by atoms with Crippen molar-refractivity contribution < 1.29 is 0 Å². The van der Waals surface area contributed by atoms with Gasteiger partial charge in [-0.1, -0.05) is 38.2 Å². The fourth-order valence-corrected chi connectivity index (χ4v) is 1.59. The van der Waals surface area contributed by atoms with E-state index in [0.29, 0.717) is 0 Å². The maximum absolute atomic E-state index is 4.05. The molecule has 0 saturated carbocycles. The monoisotopic (exact) mass is 162 g/mol. The van der Waals surface area contributed by atoms with Crippen LogP contribution < -0.4 is 0 Å². The fraction of sp³-hybridized carbons (Fsp3) is 0.500. The molecule has 0 radical (unpaired) electrons. The van der Waals surface area contributed by atoms with Gasteiger partial charge in [0.2, 0.25) is 0 Å². The standard InChI is InChI=1S/C12H18/c1-9(2)8-12-10(3)6-5-7-11(12)4/h5-6,9H,3,7-8H2,1-2,4H3. The van der Waals surface area contributed by atoms with Crippen molar-refractivity contribution in [2.45, 2.75) is 33.6 Å². The van der Waals surface area contributed by atoms with Gasteiger partial charge in [-0.3, -0.25) is 0 Å². The average molecular weight is 162 g/mol. The van der Waals surface area contributed by atoms with Crippen molar-refractivity contribution in [2.24, 2.45) is 5.92 Å². The molecule has 0 heteroatoms. The van der Waals surface area contributed by atoms with Crippen molar-refractivity contribution in [2.75, 3.05) is 0 Å². The summed E-state index contributed by atoms with van der Waals surface area (Å²) in [7, 11) is 0. The smallest absolute Gasteiger partial charge is 0.0132 e. The minimum Gasteiger partial charge on any atom is -0.0915 e. The van der Waals surface area contributed by atoms with Gasteiger partial charge < -0.3 is 0 Å². The fourth-order valence-electron chi connectivity index (χ4n) is 1.59. The van der Waals surface area contributed by atoms with Crippen molar-refractivity contribution in [3.8, 4) is 0 Å². The largest absolute Gasteiger partial charge is 0.0915 e. The minimum absolute atomic E-state index is 0.734. The first kappa shape index (κ1) is 9.31. The first-order valence-corrected chi connectivity index (χ1v) is 4.65. The minimum atomic E-state index is 0.734. The summed E-state index contributed by atoms with van der Waals surface area (Å²) < 4.78 is 0. The van der Waals surface area contributed by atoms with Crippen LogP contribution in [-0.4, -0.2) is 0 Å². The molecular formula is C12H18. The van der Waals surface area contributed by atoms with E-state index in [2.05, 4.69) is 39.5 Å². The van der Waals surface area contributed by atoms with Gasteiger partial charge in [-0.2, -0.15) is 0 Å². The van der Waals surface area contributed by atoms with Crippen molar-refractivity contribution >= 4 is 0 Å². The molecule has 0 atom stereocenters. The van der Waals surface area contributed by atoms with E-state index in [0.717, 1.165) is 12.3 Å². The highest BCUT2D eigenvalue weighted by molar-refractivity contribution is 5.44. The Morgan fingerprint density at radius 3 is 2.67 bits per heavy atom. The van der Waals surface area contributed by atoms with E-state index in [9.17, 15) is 0 Å². The summed E-state index contributed by atoms with van der Waals surface area (Å²) in [6.07, 6.45) is 6.63. The van der Waals surface area contributed by atoms with Crippen LogP contribution >= 0.6 is 0 Å². The Bertz CT molecular complexity index is 239. The van der Waals surface area contributed by atoms with Gasteiger partial charge in [-0.25, -0.2) is 0 Å². The van der Waals surface area contributed by atoms with Crippen molar-refractivity contribution in [1.29, 1.82) is 0 Å². The molecule has 0 fully saturated rings. The Morgan fingerprint density at radius 2 is 2.17 bits per heavy atom. The first-order valence-electron chi connectivity index (χ1n) is 4.65. The Morgan fingerprint density at radius 1 is 1.50 bits per heavy atom. The average Bonchev–Trinajstić information content (AvgIpc) is 1.97. The molecule has 0 aromatic heterocycles. The van der Waals surface area contributed by atoms with E-state index in [1.54, 1.807) is 0 Å². The van der Waals surface area contributed by atoms with Gasteiger partial charge in [0.15, 0.2) is 0 Å². The quantitative estimate of drug-likeness (QED) is 0.578. The molecule has 0 bridgehead atoms. The van der Waals surface area contributed by atoms with E-state index in [1.807, 2.05) is 0 Å². The first-order chi connectivity index (χ1) is 5.61. The molecule has 1 rings (SSSR count). The lowest BCUT2D eigenvalue weighted by molar-refractivity contribution is 0.641. The van der Waals surface area contributed by atoms with E-state index in [-0.39, 0.29) is 0 Å². The summed E-state index contributed by atoms with van der Waals surface area (Å²) in [6.45, 7) is 10.8. The van der Waals surface area contributed by atoms with Crippen LogP contribution in [0.15, 0.2) is 35.5 Å². The zero-order valence-electron chi connectivity index (χ0n) is 8.35. The summed E-state index contributed by atoms with van der Waals surface area (Å²) in [6, 6.07) is 0. The number of hydrogen-bond donors (Lipinski definition) is 0. The highest BCUT2D eigenvalue weighted by Crippen LogP contribution is 2.27. The molecule has 0 nitrogen and oxygen atoms in total. The Balaban J connectivity index is 2.77. The van der Waals surface area contributed by atoms with Gasteiger partial charge in [0.1, 0.15) is 0 Å². The number of hydrogen-bond acceptors (Lipinski definition) is 0. The predicted octanol–water partition coefficient (Wildman–Crippen LogP) is 3.87. The molecule has 0 N–H and O–H groups in total. The summed E-state index contributed by atoms with van der Waals surface area (Å²) in [4.78, 5) is 0. The maximum atomic E-state index is 4.05. The Kier molecular flexibility index (Phi) is 2.91. The number of rotatable bonds is 2. The van der Waals surface area contributed by atoms with Crippen LogP contribution in [-0.2, 0) is 0 Å². The van der Waals surface area contributed by atoms with Gasteiger partial charge >= 0.3 is 0 Å². The normalized spacial score (nSPS) is 17.8. The molecule has 0 aromatic rings. The second-order valence-corrected chi connectivity index (χ2v) is 3.99. The zero-order chi connectivity index (χ0) is 9.14. The van der Waals surface area contributed by atoms with Gasteiger partial charge in [0.05, 0.1) is 0 Å². The van der Waals surface area contributed by atoms with E-state index >= 15 is 0 Å². The molecule has 0 spiro atoms. The second-order valence-electron chi connectivity index (χ2n) is 3.99. The van der Waals surface area contributed by atoms with Gasteiger partial charge in [-0.15, -0.1) is 0 Å². The third kappa shape index (κ3) is 2.10. The molecule has 0 saturated heterocycles. The van der Waals surface area contributed by atoms with Crippen LogP contribution in [0.25, 0.3) is 0 Å². The molecular weight excluding hydrogens is 144 g/mol. The molecule has 1 aliphatic carbocycles. The molecule has 66 valence electrons. The summed E-state index contributed by atoms with van der Waals surface area (Å²) in [5.74, 6) is 0.734. The van der Waals surface area contributed by atoms with E-state index in [1.165, 1.54) is 23.1 Å². The summed E-state index contributed by atoms with van der Waals surface area (Å²) in [5.41, 5.74) is 4.19. The molecule has 0 unspecified atom stereocenters.